The van der Waals surface area contributed by atoms with Crippen LogP contribution in [0, 0.1) is 16.0 Å². The predicted molar refractivity (Wildman–Crippen MR) is 78.4 cm³/mol. The highest BCUT2D eigenvalue weighted by Gasteiger charge is 2.40. The van der Waals surface area contributed by atoms with Crippen LogP contribution in [0.25, 0.3) is 0 Å². The Morgan fingerprint density at radius 1 is 1.52 bits per heavy atom. The first-order chi connectivity index (χ1) is 10.8. The van der Waals surface area contributed by atoms with Crippen molar-refractivity contribution in [3.8, 4) is 5.75 Å². The monoisotopic (exact) mass is 321 g/mol. The summed E-state index contributed by atoms with van der Waals surface area (Å²) in [6, 6.07) is 1.69. The second-order valence-corrected chi connectivity index (χ2v) is 4.83. The number of hydrogen-bond donors (Lipinski definition) is 3. The molecular weight excluding hydrogens is 306 g/mol. The fraction of sp³-hybridized carbons (Fsp3) is 0.286. The number of aromatic hydroxyl groups is 1. The molecule has 1 aromatic carbocycles. The van der Waals surface area contributed by atoms with Gasteiger partial charge in [-0.3, -0.25) is 14.9 Å². The number of carbonyl (C=O) groups is 2. The summed E-state index contributed by atoms with van der Waals surface area (Å²) in [6.45, 7) is 5.36. The first-order valence-corrected chi connectivity index (χ1v) is 6.75. The number of nitrogens with one attached hydrogen (secondary N) is 2. The number of ether oxygens (including phenoxy) is 1. The van der Waals surface area contributed by atoms with Crippen molar-refractivity contribution in [2.24, 2.45) is 5.92 Å². The summed E-state index contributed by atoms with van der Waals surface area (Å²) in [4.78, 5) is 34.1. The van der Waals surface area contributed by atoms with E-state index in [4.69, 9.17) is 4.74 Å². The first-order valence-electron chi connectivity index (χ1n) is 6.75. The normalized spacial score (nSPS) is 20.4. The summed E-state index contributed by atoms with van der Waals surface area (Å²) in [7, 11) is 0. The topological polar surface area (TPSA) is 131 Å². The molecule has 0 radical (unpaired) electrons. The number of esters is 1. The average molecular weight is 321 g/mol. The minimum Gasteiger partial charge on any atom is -0.508 e. The van der Waals surface area contributed by atoms with Crippen LogP contribution in [0.2, 0.25) is 0 Å². The van der Waals surface area contributed by atoms with Gasteiger partial charge in [0.1, 0.15) is 11.7 Å². The number of phenolic OH excluding ortho intramolecular Hbond substituents is 1. The Hall–Kier alpha value is -3.10. The van der Waals surface area contributed by atoms with Gasteiger partial charge in [0.25, 0.3) is 5.69 Å². The number of phenols is 1. The number of carbonyl (C=O) groups excluding carboxylic acids is 2. The molecule has 1 heterocycles. The van der Waals surface area contributed by atoms with Crippen molar-refractivity contribution in [1.82, 2.24) is 10.6 Å². The Balaban J connectivity index is 2.49. The van der Waals surface area contributed by atoms with E-state index in [1.54, 1.807) is 6.92 Å². The van der Waals surface area contributed by atoms with Gasteiger partial charge < -0.3 is 20.5 Å². The van der Waals surface area contributed by atoms with Crippen LogP contribution in [0.15, 0.2) is 30.5 Å². The van der Waals surface area contributed by atoms with Crippen molar-refractivity contribution in [2.45, 2.75) is 13.0 Å². The molecular formula is C14H15N3O6. The molecule has 0 bridgehead atoms. The molecule has 122 valence electrons. The maximum Gasteiger partial charge on any atom is 0.319 e. The summed E-state index contributed by atoms with van der Waals surface area (Å²) in [5, 5.41) is 25.7. The highest BCUT2D eigenvalue weighted by molar-refractivity contribution is 5.85. The maximum atomic E-state index is 12.1. The van der Waals surface area contributed by atoms with E-state index in [9.17, 15) is 24.8 Å². The third-order valence-corrected chi connectivity index (χ3v) is 3.37. The lowest BCUT2D eigenvalue weighted by Gasteiger charge is -2.33. The van der Waals surface area contributed by atoms with E-state index in [-0.39, 0.29) is 29.3 Å². The number of nitro benzene ring substituents is 1. The van der Waals surface area contributed by atoms with Gasteiger partial charge in [-0.25, -0.2) is 4.79 Å². The number of nitrogens with zero attached hydrogens (tertiary/aromatic N) is 1. The van der Waals surface area contributed by atoms with Crippen LogP contribution >= 0.6 is 0 Å². The lowest BCUT2D eigenvalue weighted by molar-refractivity contribution is -0.385. The summed E-state index contributed by atoms with van der Waals surface area (Å²) in [6.07, 6.45) is 0. The van der Waals surface area contributed by atoms with Crippen LogP contribution in [0.1, 0.15) is 18.5 Å². The average Bonchev–Trinajstić information content (AvgIpc) is 2.46. The van der Waals surface area contributed by atoms with Gasteiger partial charge in [-0.1, -0.05) is 6.58 Å². The zero-order chi connectivity index (χ0) is 17.1. The van der Waals surface area contributed by atoms with Crippen LogP contribution in [-0.2, 0) is 9.53 Å². The highest BCUT2D eigenvalue weighted by Crippen LogP contribution is 2.36. The van der Waals surface area contributed by atoms with Gasteiger partial charge in [0.05, 0.1) is 17.6 Å². The molecule has 2 rings (SSSR count). The standard InChI is InChI=1S/C14H15N3O6/c1-3-23-13(19)11-7(2)15-14(20)16-12(11)9-6-8(17(21)22)4-5-10(9)18/h4-6,11-12,18H,2-3H2,1H3,(H2,15,16,20). The fourth-order valence-corrected chi connectivity index (χ4v) is 2.36. The molecule has 2 unspecified atom stereocenters. The minimum atomic E-state index is -1.03. The summed E-state index contributed by atoms with van der Waals surface area (Å²) >= 11 is 0. The second kappa shape index (κ2) is 6.34. The van der Waals surface area contributed by atoms with E-state index in [0.29, 0.717) is 0 Å². The van der Waals surface area contributed by atoms with E-state index >= 15 is 0 Å². The molecule has 0 spiro atoms. The highest BCUT2D eigenvalue weighted by atomic mass is 16.6. The molecule has 1 aromatic rings. The summed E-state index contributed by atoms with van der Waals surface area (Å²) in [5.41, 5.74) is -0.157. The quantitative estimate of drug-likeness (QED) is 0.436. The number of benzene rings is 1. The van der Waals surface area contributed by atoms with Gasteiger partial charge in [-0.15, -0.1) is 0 Å². The largest absolute Gasteiger partial charge is 0.508 e. The third-order valence-electron chi connectivity index (χ3n) is 3.37. The molecule has 1 fully saturated rings. The minimum absolute atomic E-state index is 0.0354. The zero-order valence-corrected chi connectivity index (χ0v) is 12.2. The number of non-ortho nitro benzene ring substituents is 1. The lowest BCUT2D eigenvalue weighted by Crippen LogP contribution is -2.51. The van der Waals surface area contributed by atoms with Gasteiger partial charge in [0.2, 0.25) is 0 Å². The van der Waals surface area contributed by atoms with Crippen LogP contribution in [0.3, 0.4) is 0 Å². The van der Waals surface area contributed by atoms with Crippen LogP contribution in [0.5, 0.6) is 5.75 Å². The Kier molecular flexibility index (Phi) is 4.49. The summed E-state index contributed by atoms with van der Waals surface area (Å²) < 4.78 is 4.95. The predicted octanol–water partition coefficient (Wildman–Crippen LogP) is 1.35. The molecule has 1 aliphatic rings. The van der Waals surface area contributed by atoms with E-state index in [2.05, 4.69) is 17.2 Å². The zero-order valence-electron chi connectivity index (χ0n) is 12.2. The van der Waals surface area contributed by atoms with Crippen LogP contribution < -0.4 is 10.6 Å². The van der Waals surface area contributed by atoms with E-state index < -0.39 is 28.9 Å². The van der Waals surface area contributed by atoms with Crippen molar-refractivity contribution in [1.29, 1.82) is 0 Å². The van der Waals surface area contributed by atoms with Gasteiger partial charge in [0, 0.05) is 23.4 Å². The lowest BCUT2D eigenvalue weighted by atomic mass is 9.88. The fourth-order valence-electron chi connectivity index (χ4n) is 2.36. The molecule has 9 nitrogen and oxygen atoms in total. The van der Waals surface area contributed by atoms with Gasteiger partial charge in [0.15, 0.2) is 0 Å². The van der Waals surface area contributed by atoms with E-state index in [1.807, 2.05) is 0 Å². The molecule has 2 atom stereocenters. The van der Waals surface area contributed by atoms with Gasteiger partial charge in [-0.05, 0) is 13.0 Å². The first kappa shape index (κ1) is 16.3. The van der Waals surface area contributed by atoms with E-state index in [0.717, 1.165) is 18.2 Å². The van der Waals surface area contributed by atoms with Crippen LogP contribution in [0.4, 0.5) is 10.5 Å². The second-order valence-electron chi connectivity index (χ2n) is 4.83. The molecule has 0 aliphatic carbocycles. The van der Waals surface area contributed by atoms with Crippen molar-refractivity contribution in [2.75, 3.05) is 6.61 Å². The number of urea groups is 1. The summed E-state index contributed by atoms with van der Waals surface area (Å²) in [5.74, 6) is -1.98. The van der Waals surface area contributed by atoms with Crippen molar-refractivity contribution < 1.29 is 24.4 Å². The number of amides is 2. The molecule has 1 aliphatic heterocycles. The Bertz CT molecular complexity index is 687. The van der Waals surface area contributed by atoms with Crippen molar-refractivity contribution in [3.05, 3.63) is 46.2 Å². The molecule has 0 aromatic heterocycles. The maximum absolute atomic E-state index is 12.1. The van der Waals surface area contributed by atoms with Gasteiger partial charge >= 0.3 is 12.0 Å². The molecule has 23 heavy (non-hydrogen) atoms. The number of rotatable bonds is 4. The Labute approximate surface area is 131 Å². The van der Waals surface area contributed by atoms with Crippen LogP contribution in [-0.4, -0.2) is 28.6 Å². The van der Waals surface area contributed by atoms with Crippen molar-refractivity contribution >= 4 is 17.7 Å². The molecule has 0 saturated carbocycles. The number of hydrogen-bond acceptors (Lipinski definition) is 6. The Morgan fingerprint density at radius 3 is 2.83 bits per heavy atom. The molecule has 2 amide bonds. The van der Waals surface area contributed by atoms with E-state index in [1.165, 1.54) is 0 Å². The SMILES string of the molecule is C=C1NC(=O)NC(c2cc([N+](=O)[O-])ccc2O)C1C(=O)OCC. The van der Waals surface area contributed by atoms with Gasteiger partial charge in [-0.2, -0.15) is 0 Å². The third kappa shape index (κ3) is 3.23. The van der Waals surface area contributed by atoms with Crippen molar-refractivity contribution in [3.63, 3.8) is 0 Å². The number of nitro groups is 1. The molecule has 9 heteroatoms. The smallest absolute Gasteiger partial charge is 0.319 e. The molecule has 1 saturated heterocycles. The molecule has 3 N–H and O–H groups in total. The Morgan fingerprint density at radius 2 is 2.22 bits per heavy atom.